The maximum Gasteiger partial charge on any atom is 0.312 e. The number of halogens is 1. The van der Waals surface area contributed by atoms with Gasteiger partial charge in [-0.15, -0.1) is 13.2 Å². The lowest BCUT2D eigenvalue weighted by atomic mass is 9.70. The summed E-state index contributed by atoms with van der Waals surface area (Å²) in [4.78, 5) is 57.6. The van der Waals surface area contributed by atoms with Crippen LogP contribution in [0.5, 0.6) is 0 Å². The first-order valence-corrected chi connectivity index (χ1v) is 16.3. The zero-order valence-electron chi connectivity index (χ0n) is 24.7. The third-order valence-electron chi connectivity index (χ3n) is 9.21. The number of hydrogen-bond acceptors (Lipinski definition) is 7. The van der Waals surface area contributed by atoms with Crippen molar-refractivity contribution in [3.8, 4) is 0 Å². The zero-order chi connectivity index (χ0) is 30.4. The summed E-state index contributed by atoms with van der Waals surface area (Å²) in [6.07, 6.45) is 9.52. The Morgan fingerprint density at radius 2 is 1.98 bits per heavy atom. The molecule has 4 rings (SSSR count). The fraction of sp³-hybridized carbons (Fsp3) is 0.742. The number of nitrogens with one attached hydrogen (secondary N) is 1. The number of carbonyl (C=O) groups is 4. The summed E-state index contributed by atoms with van der Waals surface area (Å²) in [6.45, 7) is 10.0. The van der Waals surface area contributed by atoms with Crippen LogP contribution in [0.1, 0.15) is 71.1 Å². The number of fused-ring (bicyclic) bond motifs is 1. The molecule has 0 aromatic heterocycles. The molecule has 3 amide bonds. The van der Waals surface area contributed by atoms with E-state index in [9.17, 15) is 24.3 Å². The van der Waals surface area contributed by atoms with Crippen LogP contribution >= 0.6 is 15.9 Å². The Labute approximate surface area is 257 Å². The quantitative estimate of drug-likeness (QED) is 0.121. The predicted octanol–water partition coefficient (Wildman–Crippen LogP) is 2.87. The van der Waals surface area contributed by atoms with Crippen LogP contribution in [0.4, 0.5) is 0 Å². The van der Waals surface area contributed by atoms with Gasteiger partial charge in [-0.05, 0) is 45.4 Å². The number of allylic oxidation sites excluding steroid dienone is 1. The minimum atomic E-state index is -1.16. The Balaban J connectivity index is 1.59. The highest BCUT2D eigenvalue weighted by Crippen LogP contribution is 2.60. The molecule has 0 aromatic carbocycles. The third kappa shape index (κ3) is 6.48. The van der Waals surface area contributed by atoms with Gasteiger partial charge in [-0.1, -0.05) is 47.3 Å². The summed E-state index contributed by atoms with van der Waals surface area (Å²) in [5.41, 5.74) is -1.16. The summed E-state index contributed by atoms with van der Waals surface area (Å²) in [6, 6.07) is -0.809. The number of carbonyl (C=O) groups excluding carboxylic acids is 4. The number of rotatable bonds is 15. The Hall–Kier alpha value is -2.24. The van der Waals surface area contributed by atoms with Crippen molar-refractivity contribution in [3.05, 3.63) is 25.3 Å². The minimum absolute atomic E-state index is 0.0150. The van der Waals surface area contributed by atoms with Crippen molar-refractivity contribution in [1.29, 1.82) is 0 Å². The smallest absolute Gasteiger partial charge is 0.312 e. The predicted molar refractivity (Wildman–Crippen MR) is 161 cm³/mol. The minimum Gasteiger partial charge on any atom is -0.460 e. The SMILES string of the molecule is C=CCCC(=O)NC[C@@H](C)OC(=O)[C@H]1[C@@H]2O[C@@]3(CC2Br)[C@@H]1C(=O)N(CCCCO)[C@@H]3C(=O)N(CC=C)C1CCCCC1. The average molecular weight is 653 g/mol. The first-order valence-electron chi connectivity index (χ1n) is 15.4. The lowest BCUT2D eigenvalue weighted by Crippen LogP contribution is -2.58. The van der Waals surface area contributed by atoms with E-state index in [-0.39, 0.29) is 48.3 Å². The van der Waals surface area contributed by atoms with Crippen LogP contribution in [0.15, 0.2) is 25.3 Å². The highest BCUT2D eigenvalue weighted by molar-refractivity contribution is 9.09. The maximum atomic E-state index is 14.5. The Kier molecular flexibility index (Phi) is 11.3. The Morgan fingerprint density at radius 1 is 1.24 bits per heavy atom. The number of esters is 1. The topological polar surface area (TPSA) is 125 Å². The number of ether oxygens (including phenoxy) is 2. The fourth-order valence-electron chi connectivity index (χ4n) is 7.32. The van der Waals surface area contributed by atoms with E-state index in [1.165, 1.54) is 0 Å². The highest BCUT2D eigenvalue weighted by atomic mass is 79.9. The Bertz CT molecular complexity index is 1030. The van der Waals surface area contributed by atoms with Crippen LogP contribution < -0.4 is 5.32 Å². The van der Waals surface area contributed by atoms with Crippen LogP contribution in [-0.4, -0.2) is 99.6 Å². The largest absolute Gasteiger partial charge is 0.460 e. The second-order valence-electron chi connectivity index (χ2n) is 12.1. The monoisotopic (exact) mass is 651 g/mol. The maximum absolute atomic E-state index is 14.5. The number of unbranched alkanes of at least 4 members (excludes halogenated alkanes) is 1. The van der Waals surface area contributed by atoms with E-state index >= 15 is 0 Å². The van der Waals surface area contributed by atoms with E-state index in [0.717, 1.165) is 32.1 Å². The molecule has 10 nitrogen and oxygen atoms in total. The van der Waals surface area contributed by atoms with E-state index < -0.39 is 41.7 Å². The number of hydrogen-bond donors (Lipinski definition) is 2. The number of alkyl halides is 1. The van der Waals surface area contributed by atoms with Crippen molar-refractivity contribution in [2.24, 2.45) is 11.8 Å². The first kappa shape index (κ1) is 32.7. The van der Waals surface area contributed by atoms with Gasteiger partial charge in [-0.3, -0.25) is 19.2 Å². The van der Waals surface area contributed by atoms with E-state index in [4.69, 9.17) is 9.47 Å². The van der Waals surface area contributed by atoms with E-state index in [2.05, 4.69) is 34.4 Å². The number of aliphatic hydroxyl groups excluding tert-OH is 1. The number of nitrogens with zero attached hydrogens (tertiary/aromatic N) is 2. The summed E-state index contributed by atoms with van der Waals surface area (Å²) in [5, 5.41) is 12.2. The second kappa shape index (κ2) is 14.5. The highest BCUT2D eigenvalue weighted by Gasteiger charge is 2.77. The lowest BCUT2D eigenvalue weighted by molar-refractivity contribution is -0.159. The molecule has 1 unspecified atom stereocenters. The van der Waals surface area contributed by atoms with Gasteiger partial charge in [0.2, 0.25) is 17.7 Å². The molecule has 3 heterocycles. The summed E-state index contributed by atoms with van der Waals surface area (Å²) in [7, 11) is 0. The van der Waals surface area contributed by atoms with Gasteiger partial charge >= 0.3 is 5.97 Å². The standard InChI is InChI=1S/C31H46BrN3O7/c1-4-6-14-23(37)33-19-20(3)41-30(40)24-25-28(38)35(16-10-11-17-36)27(31(25)18-22(32)26(24)42-31)29(39)34(15-5-2)21-12-8-7-9-13-21/h4-5,20-22,24-27,36H,1-2,6-19H2,3H3,(H,33,37)/t20-,22?,24-,25+,26-,27-,31+/m1/s1. The average Bonchev–Trinajstić information content (AvgIpc) is 3.57. The van der Waals surface area contributed by atoms with Gasteiger partial charge in [0.25, 0.3) is 0 Å². The summed E-state index contributed by atoms with van der Waals surface area (Å²) in [5.74, 6) is -2.88. The molecule has 4 fully saturated rings. The molecule has 2 N–H and O–H groups in total. The molecule has 4 aliphatic rings. The van der Waals surface area contributed by atoms with Gasteiger partial charge in [0.1, 0.15) is 17.7 Å². The van der Waals surface area contributed by atoms with Crippen molar-refractivity contribution < 1.29 is 33.8 Å². The molecule has 42 heavy (non-hydrogen) atoms. The van der Waals surface area contributed by atoms with Crippen molar-refractivity contribution in [3.63, 3.8) is 0 Å². The summed E-state index contributed by atoms with van der Waals surface area (Å²) >= 11 is 3.70. The zero-order valence-corrected chi connectivity index (χ0v) is 26.3. The van der Waals surface area contributed by atoms with Crippen molar-refractivity contribution in [2.45, 2.75) is 106 Å². The van der Waals surface area contributed by atoms with Gasteiger partial charge in [0.05, 0.1) is 24.5 Å². The Morgan fingerprint density at radius 3 is 2.64 bits per heavy atom. The molecule has 11 heteroatoms. The van der Waals surface area contributed by atoms with Crippen molar-refractivity contribution in [1.82, 2.24) is 15.1 Å². The van der Waals surface area contributed by atoms with Crippen molar-refractivity contribution in [2.75, 3.05) is 26.2 Å². The van der Waals surface area contributed by atoms with Gasteiger partial charge in [-0.2, -0.15) is 0 Å². The molecule has 3 aliphatic heterocycles. The molecule has 3 saturated heterocycles. The van der Waals surface area contributed by atoms with Gasteiger partial charge in [-0.25, -0.2) is 0 Å². The van der Waals surface area contributed by atoms with E-state index in [1.807, 2.05) is 4.90 Å². The number of amides is 3. The van der Waals surface area contributed by atoms with Crippen LogP contribution in [0, 0.1) is 11.8 Å². The molecule has 2 bridgehead atoms. The molecule has 1 saturated carbocycles. The molecule has 0 aromatic rings. The van der Waals surface area contributed by atoms with Crippen LogP contribution in [0.25, 0.3) is 0 Å². The molecule has 1 aliphatic carbocycles. The van der Waals surface area contributed by atoms with Crippen molar-refractivity contribution >= 4 is 39.6 Å². The summed E-state index contributed by atoms with van der Waals surface area (Å²) < 4.78 is 12.4. The molecule has 1 spiro atoms. The fourth-order valence-corrected chi connectivity index (χ4v) is 8.26. The second-order valence-corrected chi connectivity index (χ2v) is 13.3. The molecule has 0 radical (unpaired) electrons. The van der Waals surface area contributed by atoms with Gasteiger partial charge in [0, 0.05) is 37.0 Å². The van der Waals surface area contributed by atoms with Crippen LogP contribution in [-0.2, 0) is 28.7 Å². The molecular formula is C31H46BrN3O7. The molecule has 7 atom stereocenters. The normalized spacial score (nSPS) is 31.0. The number of likely N-dealkylation sites (tertiary alicyclic amines) is 1. The number of aliphatic hydroxyl groups is 1. The van der Waals surface area contributed by atoms with E-state index in [0.29, 0.717) is 38.6 Å². The third-order valence-corrected chi connectivity index (χ3v) is 10.1. The first-order chi connectivity index (χ1) is 20.2. The lowest BCUT2D eigenvalue weighted by Gasteiger charge is -2.41. The van der Waals surface area contributed by atoms with Crippen LogP contribution in [0.2, 0.25) is 0 Å². The van der Waals surface area contributed by atoms with Gasteiger partial charge in [0.15, 0.2) is 0 Å². The molecular weight excluding hydrogens is 606 g/mol. The molecule has 234 valence electrons. The van der Waals surface area contributed by atoms with E-state index in [1.54, 1.807) is 24.0 Å². The van der Waals surface area contributed by atoms with Crippen LogP contribution in [0.3, 0.4) is 0 Å². The van der Waals surface area contributed by atoms with Gasteiger partial charge < -0.3 is 29.7 Å².